The molecule has 1 saturated carbocycles. The lowest BCUT2D eigenvalue weighted by Crippen LogP contribution is -2.48. The molecule has 0 bridgehead atoms. The molecule has 9 heteroatoms. The van der Waals surface area contributed by atoms with E-state index in [1.165, 1.54) is 7.05 Å². The molecule has 2 aliphatic rings. The normalized spacial score (nSPS) is 24.9. The summed E-state index contributed by atoms with van der Waals surface area (Å²) in [6, 6.07) is -1.86. The van der Waals surface area contributed by atoms with Gasteiger partial charge in [-0.3, -0.25) is 24.6 Å². The second-order valence-electron chi connectivity index (χ2n) is 5.81. The summed E-state index contributed by atoms with van der Waals surface area (Å²) >= 11 is 0. The molecule has 9 nitrogen and oxygen atoms in total. The molecule has 1 aliphatic carbocycles. The van der Waals surface area contributed by atoms with Crippen LogP contribution in [0.25, 0.3) is 0 Å². The van der Waals surface area contributed by atoms with Crippen molar-refractivity contribution in [2.24, 2.45) is 5.92 Å². The standard InChI is InChI=1S/C14H20N4O5/c1-8-5-3-4-6-9(8)18-12(21)11(20)17(14(18)23)7-10(19)16-13(22)15-2/h8-9H,3-7H2,1-2H3,(H2,15,16,19,22)/t8-,9-/m1/s1. The second-order valence-corrected chi connectivity index (χ2v) is 5.81. The van der Waals surface area contributed by atoms with Crippen molar-refractivity contribution in [1.29, 1.82) is 0 Å². The number of rotatable bonds is 3. The Balaban J connectivity index is 2.10. The smallest absolute Gasteiger partial charge is 0.334 e. The van der Waals surface area contributed by atoms with Crippen LogP contribution in [0.15, 0.2) is 0 Å². The third-order valence-corrected chi connectivity index (χ3v) is 4.26. The fraction of sp³-hybridized carbons (Fsp3) is 0.643. The Bertz CT molecular complexity index is 561. The molecule has 1 heterocycles. The molecule has 7 amide bonds. The van der Waals surface area contributed by atoms with E-state index in [1.54, 1.807) is 0 Å². The van der Waals surface area contributed by atoms with Crippen LogP contribution in [0.2, 0.25) is 0 Å². The summed E-state index contributed by atoms with van der Waals surface area (Å²) in [6.07, 6.45) is 3.45. The fourth-order valence-electron chi connectivity index (χ4n) is 3.01. The van der Waals surface area contributed by atoms with Crippen LogP contribution in [0.3, 0.4) is 0 Å². The van der Waals surface area contributed by atoms with Gasteiger partial charge < -0.3 is 5.32 Å². The highest BCUT2D eigenvalue weighted by atomic mass is 16.2. The van der Waals surface area contributed by atoms with E-state index in [2.05, 4.69) is 5.32 Å². The number of urea groups is 2. The highest BCUT2D eigenvalue weighted by Crippen LogP contribution is 2.31. The molecule has 2 atom stereocenters. The number of carbonyl (C=O) groups is 5. The lowest BCUT2D eigenvalue weighted by atomic mass is 9.85. The van der Waals surface area contributed by atoms with Crippen LogP contribution in [0.5, 0.6) is 0 Å². The third kappa shape index (κ3) is 3.33. The zero-order chi connectivity index (χ0) is 17.1. The molecule has 0 unspecified atom stereocenters. The number of hydrogen-bond acceptors (Lipinski definition) is 5. The number of carbonyl (C=O) groups excluding carboxylic acids is 5. The van der Waals surface area contributed by atoms with Gasteiger partial charge >= 0.3 is 23.9 Å². The Morgan fingerprint density at radius 1 is 1.13 bits per heavy atom. The van der Waals surface area contributed by atoms with E-state index in [4.69, 9.17) is 0 Å². The molecule has 126 valence electrons. The van der Waals surface area contributed by atoms with Crippen molar-refractivity contribution in [1.82, 2.24) is 20.4 Å². The Morgan fingerprint density at radius 3 is 2.39 bits per heavy atom. The van der Waals surface area contributed by atoms with E-state index < -0.39 is 36.3 Å². The molecule has 0 aromatic rings. The minimum absolute atomic E-state index is 0.115. The van der Waals surface area contributed by atoms with Gasteiger partial charge in [0.05, 0.1) is 0 Å². The first kappa shape index (κ1) is 16.9. The molecule has 2 N–H and O–H groups in total. The van der Waals surface area contributed by atoms with E-state index in [0.29, 0.717) is 11.3 Å². The average molecular weight is 324 g/mol. The average Bonchev–Trinajstić information content (AvgIpc) is 2.72. The summed E-state index contributed by atoms with van der Waals surface area (Å²) < 4.78 is 0. The van der Waals surface area contributed by atoms with Crippen LogP contribution >= 0.6 is 0 Å². The van der Waals surface area contributed by atoms with Gasteiger partial charge in [0.25, 0.3) is 0 Å². The molecule has 0 aromatic carbocycles. The van der Waals surface area contributed by atoms with Gasteiger partial charge in [-0.05, 0) is 18.8 Å². The minimum atomic E-state index is -1.03. The van der Waals surface area contributed by atoms with Gasteiger partial charge in [0, 0.05) is 13.1 Å². The van der Waals surface area contributed by atoms with Crippen molar-refractivity contribution in [3.05, 3.63) is 0 Å². The van der Waals surface area contributed by atoms with E-state index >= 15 is 0 Å². The number of imide groups is 3. The van der Waals surface area contributed by atoms with Crippen molar-refractivity contribution < 1.29 is 24.0 Å². The van der Waals surface area contributed by atoms with Crippen molar-refractivity contribution in [2.45, 2.75) is 38.6 Å². The summed E-state index contributed by atoms with van der Waals surface area (Å²) in [5, 5.41) is 4.13. The molecule has 0 aromatic heterocycles. The van der Waals surface area contributed by atoms with E-state index in [0.717, 1.165) is 24.2 Å². The molecule has 1 saturated heterocycles. The fourth-order valence-corrected chi connectivity index (χ4v) is 3.01. The molecule has 2 rings (SSSR count). The van der Waals surface area contributed by atoms with E-state index in [-0.39, 0.29) is 12.0 Å². The van der Waals surface area contributed by atoms with Gasteiger partial charge in [-0.2, -0.15) is 0 Å². The maximum absolute atomic E-state index is 12.4. The van der Waals surface area contributed by atoms with Gasteiger partial charge in [0.15, 0.2) is 0 Å². The Hall–Kier alpha value is -2.45. The lowest BCUT2D eigenvalue weighted by Gasteiger charge is -2.34. The number of nitrogens with zero attached hydrogens (tertiary/aromatic N) is 2. The quantitative estimate of drug-likeness (QED) is 0.551. The van der Waals surface area contributed by atoms with Crippen molar-refractivity contribution in [3.8, 4) is 0 Å². The Morgan fingerprint density at radius 2 is 1.78 bits per heavy atom. The zero-order valence-electron chi connectivity index (χ0n) is 13.1. The summed E-state index contributed by atoms with van der Waals surface area (Å²) in [5.41, 5.74) is 0. The molecule has 23 heavy (non-hydrogen) atoms. The summed E-state index contributed by atoms with van der Waals surface area (Å²) in [4.78, 5) is 60.8. The van der Waals surface area contributed by atoms with E-state index in [9.17, 15) is 24.0 Å². The maximum atomic E-state index is 12.4. The Kier molecular flexibility index (Phi) is 4.97. The van der Waals surface area contributed by atoms with Crippen LogP contribution in [-0.2, 0) is 14.4 Å². The van der Waals surface area contributed by atoms with Gasteiger partial charge in [0.2, 0.25) is 5.91 Å². The van der Waals surface area contributed by atoms with Crippen molar-refractivity contribution >= 4 is 29.8 Å². The summed E-state index contributed by atoms with van der Waals surface area (Å²) in [6.45, 7) is 1.28. The van der Waals surface area contributed by atoms with Crippen molar-refractivity contribution in [2.75, 3.05) is 13.6 Å². The number of nitrogens with one attached hydrogen (secondary N) is 2. The van der Waals surface area contributed by atoms with Crippen LogP contribution < -0.4 is 10.6 Å². The first-order valence-corrected chi connectivity index (χ1v) is 7.57. The number of amides is 7. The van der Waals surface area contributed by atoms with Crippen LogP contribution in [0, 0.1) is 5.92 Å². The number of hydrogen-bond donors (Lipinski definition) is 2. The monoisotopic (exact) mass is 324 g/mol. The molecular weight excluding hydrogens is 304 g/mol. The van der Waals surface area contributed by atoms with E-state index in [1.807, 2.05) is 12.2 Å². The third-order valence-electron chi connectivity index (χ3n) is 4.26. The molecule has 1 aliphatic heterocycles. The first-order valence-electron chi connectivity index (χ1n) is 7.57. The largest absolute Gasteiger partial charge is 0.341 e. The minimum Gasteiger partial charge on any atom is -0.341 e. The highest BCUT2D eigenvalue weighted by molar-refractivity contribution is 6.45. The topological polar surface area (TPSA) is 116 Å². The predicted molar refractivity (Wildman–Crippen MR) is 78.0 cm³/mol. The summed E-state index contributed by atoms with van der Waals surface area (Å²) in [5.74, 6) is -2.65. The maximum Gasteiger partial charge on any atom is 0.334 e. The van der Waals surface area contributed by atoms with Gasteiger partial charge in [0.1, 0.15) is 6.54 Å². The van der Waals surface area contributed by atoms with Gasteiger partial charge in [-0.25, -0.2) is 14.5 Å². The van der Waals surface area contributed by atoms with Gasteiger partial charge in [-0.1, -0.05) is 19.8 Å². The lowest BCUT2D eigenvalue weighted by molar-refractivity contribution is -0.145. The van der Waals surface area contributed by atoms with Crippen LogP contribution in [-0.4, -0.2) is 59.2 Å². The van der Waals surface area contributed by atoms with Crippen LogP contribution in [0.1, 0.15) is 32.6 Å². The predicted octanol–water partition coefficient (Wildman–Crippen LogP) is -0.189. The highest BCUT2D eigenvalue weighted by Gasteiger charge is 2.49. The Labute approximate surface area is 133 Å². The van der Waals surface area contributed by atoms with Crippen LogP contribution in [0.4, 0.5) is 9.59 Å². The molecule has 0 spiro atoms. The first-order chi connectivity index (χ1) is 10.9. The second kappa shape index (κ2) is 6.76. The molecule has 0 radical (unpaired) electrons. The van der Waals surface area contributed by atoms with Crippen molar-refractivity contribution in [3.63, 3.8) is 0 Å². The molecule has 2 fully saturated rings. The zero-order valence-corrected chi connectivity index (χ0v) is 13.1. The molecular formula is C14H20N4O5. The summed E-state index contributed by atoms with van der Waals surface area (Å²) in [7, 11) is 1.32. The SMILES string of the molecule is CNC(=O)NC(=O)CN1C(=O)C(=O)N([C@@H]2CCCC[C@H]2C)C1=O. The van der Waals surface area contributed by atoms with Gasteiger partial charge in [-0.15, -0.1) is 0 Å².